The van der Waals surface area contributed by atoms with Crippen LogP contribution in [-0.4, -0.2) is 43.9 Å². The van der Waals surface area contributed by atoms with Gasteiger partial charge in [-0.2, -0.15) is 18.3 Å². The van der Waals surface area contributed by atoms with Gasteiger partial charge in [-0.25, -0.2) is 15.0 Å². The first-order chi connectivity index (χ1) is 17.2. The quantitative estimate of drug-likeness (QED) is 0.396. The van der Waals surface area contributed by atoms with Crippen LogP contribution in [0.2, 0.25) is 0 Å². The topological polar surface area (TPSA) is 94.8 Å². The first-order valence-electron chi connectivity index (χ1n) is 11.4. The maximum Gasteiger partial charge on any atom is 0.451 e. The second-order valence-corrected chi connectivity index (χ2v) is 9.93. The van der Waals surface area contributed by atoms with Crippen LogP contribution >= 0.6 is 11.3 Å². The summed E-state index contributed by atoms with van der Waals surface area (Å²) in [5.74, 6) is -1.60. The monoisotopic (exact) mass is 516 g/mol. The van der Waals surface area contributed by atoms with Gasteiger partial charge in [0.15, 0.2) is 0 Å². The van der Waals surface area contributed by atoms with Crippen LogP contribution in [-0.2, 0) is 10.9 Å². The number of benzene rings is 1. The summed E-state index contributed by atoms with van der Waals surface area (Å²) in [5.41, 5.74) is 2.39. The number of rotatable bonds is 5. The summed E-state index contributed by atoms with van der Waals surface area (Å²) in [6, 6.07) is 3.12. The van der Waals surface area contributed by atoms with E-state index in [0.29, 0.717) is 24.3 Å². The highest BCUT2D eigenvalue weighted by molar-refractivity contribution is 7.15. The smallest absolute Gasteiger partial charge is 0.381 e. The lowest BCUT2D eigenvalue weighted by Gasteiger charge is -2.23. The molecule has 36 heavy (non-hydrogen) atoms. The molecule has 0 saturated carbocycles. The minimum atomic E-state index is -4.63. The second-order valence-electron chi connectivity index (χ2n) is 8.70. The van der Waals surface area contributed by atoms with E-state index in [9.17, 15) is 18.0 Å². The highest BCUT2D eigenvalue weighted by Crippen LogP contribution is 2.35. The van der Waals surface area contributed by atoms with E-state index in [0.717, 1.165) is 51.6 Å². The molecule has 1 aliphatic heterocycles. The van der Waals surface area contributed by atoms with Crippen LogP contribution in [0.1, 0.15) is 58.5 Å². The molecule has 1 atom stereocenters. The summed E-state index contributed by atoms with van der Waals surface area (Å²) in [5, 5.41) is 9.17. The predicted molar refractivity (Wildman–Crippen MR) is 128 cm³/mol. The Morgan fingerprint density at radius 1 is 1.14 bits per heavy atom. The van der Waals surface area contributed by atoms with Gasteiger partial charge in [0.05, 0.1) is 23.8 Å². The molecular formula is C24H23F3N6O2S. The average molecular weight is 517 g/mol. The zero-order valence-electron chi connectivity index (χ0n) is 19.5. The van der Waals surface area contributed by atoms with E-state index in [1.54, 1.807) is 31.5 Å². The Bertz CT molecular complexity index is 1390. The van der Waals surface area contributed by atoms with Crippen molar-refractivity contribution in [2.24, 2.45) is 0 Å². The number of amides is 1. The van der Waals surface area contributed by atoms with E-state index in [-0.39, 0.29) is 11.9 Å². The second kappa shape index (κ2) is 9.58. The molecule has 3 aromatic heterocycles. The van der Waals surface area contributed by atoms with Gasteiger partial charge in [-0.05, 0) is 38.8 Å². The largest absolute Gasteiger partial charge is 0.451 e. The van der Waals surface area contributed by atoms with Gasteiger partial charge < -0.3 is 10.1 Å². The number of aryl methyl sites for hydroxylation is 1. The van der Waals surface area contributed by atoms with Gasteiger partial charge in [-0.3, -0.25) is 9.48 Å². The summed E-state index contributed by atoms with van der Waals surface area (Å²) < 4.78 is 45.8. The Morgan fingerprint density at radius 2 is 1.86 bits per heavy atom. The number of alkyl halides is 3. The molecule has 0 bridgehead atoms. The van der Waals surface area contributed by atoms with Crippen molar-refractivity contribution in [2.75, 3.05) is 13.2 Å². The number of nitrogens with zero attached hydrogens (tertiary/aromatic N) is 5. The lowest BCUT2D eigenvalue weighted by atomic mass is 10.0. The molecule has 1 fully saturated rings. The zero-order chi connectivity index (χ0) is 25.4. The minimum Gasteiger partial charge on any atom is -0.381 e. The maximum atomic E-state index is 13.3. The first-order valence-corrected chi connectivity index (χ1v) is 12.2. The van der Waals surface area contributed by atoms with Crippen molar-refractivity contribution in [3.63, 3.8) is 0 Å². The molecule has 8 nitrogen and oxygen atoms in total. The number of halogens is 3. The number of thiazole rings is 1. The third-order valence-corrected chi connectivity index (χ3v) is 7.09. The summed E-state index contributed by atoms with van der Waals surface area (Å²) >= 11 is 1.53. The van der Waals surface area contributed by atoms with Crippen LogP contribution in [0.5, 0.6) is 0 Å². The molecule has 5 rings (SSSR count). The SMILES string of the molecule is Cc1cnc(-c2cc(C(=O)N[C@H](C)c3cnc(C(F)(F)F)nc3)cc3c2cnn3C2CCOCC2)s1. The number of ether oxygens (including phenoxy) is 1. The van der Waals surface area contributed by atoms with Crippen molar-refractivity contribution in [1.82, 2.24) is 30.0 Å². The van der Waals surface area contributed by atoms with Gasteiger partial charge in [-0.15, -0.1) is 11.3 Å². The first kappa shape index (κ1) is 24.3. The van der Waals surface area contributed by atoms with Gasteiger partial charge in [0.2, 0.25) is 5.82 Å². The van der Waals surface area contributed by atoms with E-state index < -0.39 is 18.0 Å². The van der Waals surface area contributed by atoms with Crippen LogP contribution in [0.15, 0.2) is 36.9 Å². The number of fused-ring (bicyclic) bond motifs is 1. The molecule has 1 aromatic carbocycles. The fourth-order valence-electron chi connectivity index (χ4n) is 4.22. The molecule has 12 heteroatoms. The molecule has 0 aliphatic carbocycles. The Kier molecular flexibility index (Phi) is 6.47. The number of carbonyl (C=O) groups excluding carboxylic acids is 1. The zero-order valence-corrected chi connectivity index (χ0v) is 20.4. The van der Waals surface area contributed by atoms with Crippen molar-refractivity contribution in [1.29, 1.82) is 0 Å². The standard InChI is InChI=1S/C24H23F3N6O2S/c1-13-9-28-22(36-13)18-7-15(8-20-19(18)12-31-33(20)17-3-5-35-6-4-17)21(34)32-14(2)16-10-29-23(30-11-16)24(25,26)27/h7-12,14,17H,3-6H2,1-2H3,(H,32,34)/t14-/m1/s1. The average Bonchev–Trinajstić information content (AvgIpc) is 3.49. The lowest BCUT2D eigenvalue weighted by molar-refractivity contribution is -0.145. The lowest BCUT2D eigenvalue weighted by Crippen LogP contribution is -2.27. The molecule has 1 aliphatic rings. The van der Waals surface area contributed by atoms with Crippen molar-refractivity contribution >= 4 is 28.1 Å². The molecule has 4 aromatic rings. The number of aromatic nitrogens is 5. The van der Waals surface area contributed by atoms with E-state index in [1.165, 1.54) is 11.3 Å². The Hall–Kier alpha value is -3.38. The third kappa shape index (κ3) is 4.82. The molecule has 188 valence electrons. The summed E-state index contributed by atoms with van der Waals surface area (Å²) in [4.78, 5) is 25.6. The molecule has 0 spiro atoms. The van der Waals surface area contributed by atoms with Gasteiger partial charge in [0.25, 0.3) is 5.91 Å². The van der Waals surface area contributed by atoms with E-state index >= 15 is 0 Å². The van der Waals surface area contributed by atoms with Gasteiger partial charge in [-0.1, -0.05) is 0 Å². The van der Waals surface area contributed by atoms with Gasteiger partial charge >= 0.3 is 6.18 Å². The van der Waals surface area contributed by atoms with Crippen molar-refractivity contribution in [2.45, 2.75) is 44.9 Å². The number of hydrogen-bond acceptors (Lipinski definition) is 7. The number of carbonyl (C=O) groups is 1. The molecule has 1 amide bonds. The molecule has 0 radical (unpaired) electrons. The van der Waals surface area contributed by atoms with Crippen molar-refractivity contribution in [3.05, 3.63) is 58.7 Å². The normalized spacial score (nSPS) is 15.8. The fraction of sp³-hybridized carbons (Fsp3) is 0.375. The molecule has 0 unspecified atom stereocenters. The summed E-state index contributed by atoms with van der Waals surface area (Å²) in [6.07, 6.45) is 2.77. The van der Waals surface area contributed by atoms with E-state index in [1.807, 2.05) is 11.6 Å². The van der Waals surface area contributed by atoms with Gasteiger partial charge in [0.1, 0.15) is 5.01 Å². The van der Waals surface area contributed by atoms with Crippen LogP contribution in [0.4, 0.5) is 13.2 Å². The molecule has 4 heterocycles. The highest BCUT2D eigenvalue weighted by atomic mass is 32.1. The highest BCUT2D eigenvalue weighted by Gasteiger charge is 2.34. The molecular weight excluding hydrogens is 493 g/mol. The number of nitrogens with one attached hydrogen (secondary N) is 1. The summed E-state index contributed by atoms with van der Waals surface area (Å²) in [7, 11) is 0. The molecule has 1 saturated heterocycles. The van der Waals surface area contributed by atoms with Crippen LogP contribution in [0.3, 0.4) is 0 Å². The van der Waals surface area contributed by atoms with Crippen molar-refractivity contribution < 1.29 is 22.7 Å². The van der Waals surface area contributed by atoms with E-state index in [4.69, 9.17) is 4.74 Å². The fourth-order valence-corrected chi connectivity index (χ4v) is 5.02. The summed E-state index contributed by atoms with van der Waals surface area (Å²) in [6.45, 7) is 4.93. The maximum absolute atomic E-state index is 13.3. The van der Waals surface area contributed by atoms with Gasteiger partial charge in [0, 0.05) is 58.8 Å². The Balaban J connectivity index is 1.49. The van der Waals surface area contributed by atoms with Crippen LogP contribution in [0, 0.1) is 6.92 Å². The Labute approximate surface area is 208 Å². The van der Waals surface area contributed by atoms with Crippen molar-refractivity contribution in [3.8, 4) is 10.6 Å². The molecule has 1 N–H and O–H groups in total. The van der Waals surface area contributed by atoms with E-state index in [2.05, 4.69) is 25.4 Å². The predicted octanol–water partition coefficient (Wildman–Crippen LogP) is 5.12. The van der Waals surface area contributed by atoms with Crippen LogP contribution in [0.25, 0.3) is 21.5 Å². The number of hydrogen-bond donors (Lipinski definition) is 1. The Morgan fingerprint density at radius 3 is 2.50 bits per heavy atom. The third-order valence-electron chi connectivity index (χ3n) is 6.14. The minimum absolute atomic E-state index is 0.156. The van der Waals surface area contributed by atoms with Crippen LogP contribution < -0.4 is 5.32 Å².